The highest BCUT2D eigenvalue weighted by atomic mass is 32.2. The molecule has 1 atom stereocenters. The Labute approximate surface area is 122 Å². The van der Waals surface area contributed by atoms with Gasteiger partial charge in [-0.1, -0.05) is 6.92 Å². The van der Waals surface area contributed by atoms with Crippen LogP contribution < -0.4 is 5.32 Å². The van der Waals surface area contributed by atoms with E-state index in [-0.39, 0.29) is 0 Å². The van der Waals surface area contributed by atoms with Gasteiger partial charge in [-0.2, -0.15) is 11.8 Å². The van der Waals surface area contributed by atoms with E-state index in [0.717, 1.165) is 43.3 Å². The molecule has 0 aliphatic carbocycles. The van der Waals surface area contributed by atoms with Gasteiger partial charge in [0.2, 0.25) is 0 Å². The van der Waals surface area contributed by atoms with E-state index in [9.17, 15) is 0 Å². The molecule has 1 N–H and O–H groups in total. The summed E-state index contributed by atoms with van der Waals surface area (Å²) in [5.41, 5.74) is 1.25. The molecule has 0 radical (unpaired) electrons. The van der Waals surface area contributed by atoms with Gasteiger partial charge in [0, 0.05) is 11.8 Å². The van der Waals surface area contributed by atoms with Crippen LogP contribution in [-0.2, 0) is 13.1 Å². The number of thioether (sulfide) groups is 1. The Bertz CT molecular complexity index is 365. The van der Waals surface area contributed by atoms with Gasteiger partial charge in [-0.25, -0.2) is 0 Å². The lowest BCUT2D eigenvalue weighted by atomic mass is 10.2. The first-order valence-electron chi connectivity index (χ1n) is 7.06. The summed E-state index contributed by atoms with van der Waals surface area (Å²) < 4.78 is 5.95. The van der Waals surface area contributed by atoms with Crippen molar-refractivity contribution in [3.8, 4) is 0 Å². The van der Waals surface area contributed by atoms with Crippen LogP contribution >= 0.6 is 11.8 Å². The highest BCUT2D eigenvalue weighted by Gasteiger charge is 2.13. The molecule has 0 saturated carbocycles. The molecule has 110 valence electrons. The molecule has 19 heavy (non-hydrogen) atoms. The van der Waals surface area contributed by atoms with Gasteiger partial charge >= 0.3 is 0 Å². The zero-order chi connectivity index (χ0) is 14.3. The van der Waals surface area contributed by atoms with Crippen molar-refractivity contribution in [1.82, 2.24) is 10.2 Å². The van der Waals surface area contributed by atoms with E-state index in [0.29, 0.717) is 6.04 Å². The minimum Gasteiger partial charge on any atom is -0.463 e. The Morgan fingerprint density at radius 2 is 2.21 bits per heavy atom. The largest absolute Gasteiger partial charge is 0.463 e. The molecule has 0 fully saturated rings. The van der Waals surface area contributed by atoms with Crippen LogP contribution in [0.5, 0.6) is 0 Å². The van der Waals surface area contributed by atoms with Crippen molar-refractivity contribution >= 4 is 11.8 Å². The second-order valence-corrected chi connectivity index (χ2v) is 6.13. The van der Waals surface area contributed by atoms with Crippen molar-refractivity contribution < 1.29 is 4.42 Å². The molecular weight excluding hydrogens is 256 g/mol. The van der Waals surface area contributed by atoms with Crippen LogP contribution in [-0.4, -0.2) is 36.5 Å². The molecule has 1 aromatic rings. The van der Waals surface area contributed by atoms with E-state index in [1.165, 1.54) is 5.56 Å². The molecule has 0 spiro atoms. The predicted octanol–water partition coefficient (Wildman–Crippen LogP) is 3.27. The molecule has 0 aliphatic heterocycles. The van der Waals surface area contributed by atoms with E-state index in [1.807, 2.05) is 11.8 Å². The first-order chi connectivity index (χ1) is 9.08. The molecule has 0 aliphatic rings. The van der Waals surface area contributed by atoms with Gasteiger partial charge in [0.05, 0.1) is 13.1 Å². The normalized spacial score (nSPS) is 13.2. The van der Waals surface area contributed by atoms with E-state index in [2.05, 4.69) is 50.4 Å². The van der Waals surface area contributed by atoms with Gasteiger partial charge in [-0.15, -0.1) is 0 Å². The van der Waals surface area contributed by atoms with Crippen LogP contribution in [0.2, 0.25) is 0 Å². The van der Waals surface area contributed by atoms with Gasteiger partial charge in [0.1, 0.15) is 11.5 Å². The Morgan fingerprint density at radius 3 is 2.84 bits per heavy atom. The maximum absolute atomic E-state index is 5.95. The third-order valence-electron chi connectivity index (χ3n) is 3.35. The van der Waals surface area contributed by atoms with E-state index < -0.39 is 0 Å². The van der Waals surface area contributed by atoms with Crippen molar-refractivity contribution in [3.63, 3.8) is 0 Å². The van der Waals surface area contributed by atoms with Gasteiger partial charge in [-0.3, -0.25) is 4.90 Å². The Morgan fingerprint density at radius 1 is 1.47 bits per heavy atom. The number of furan rings is 1. The fourth-order valence-corrected chi connectivity index (χ4v) is 2.73. The van der Waals surface area contributed by atoms with Gasteiger partial charge in [0.15, 0.2) is 0 Å². The van der Waals surface area contributed by atoms with E-state index in [1.54, 1.807) is 0 Å². The van der Waals surface area contributed by atoms with Crippen molar-refractivity contribution in [2.45, 2.75) is 46.3 Å². The Balaban J connectivity index is 2.52. The lowest BCUT2D eigenvalue weighted by molar-refractivity contribution is 0.244. The summed E-state index contributed by atoms with van der Waals surface area (Å²) in [6.07, 6.45) is 3.31. The average Bonchev–Trinajstić information content (AvgIpc) is 2.70. The third-order valence-corrected chi connectivity index (χ3v) is 4.17. The Kier molecular flexibility index (Phi) is 7.57. The number of hydrogen-bond donors (Lipinski definition) is 1. The maximum Gasteiger partial charge on any atom is 0.120 e. The predicted molar refractivity (Wildman–Crippen MR) is 84.8 cm³/mol. The lowest BCUT2D eigenvalue weighted by Gasteiger charge is -2.22. The van der Waals surface area contributed by atoms with Crippen LogP contribution in [0.25, 0.3) is 0 Å². The molecule has 3 nitrogen and oxygen atoms in total. The number of aryl methyl sites for hydroxylation is 1. The SMILES string of the molecule is CCCNCc1oc(CN(C)C(C)CSC)cc1C. The second kappa shape index (κ2) is 8.67. The number of hydrogen-bond acceptors (Lipinski definition) is 4. The van der Waals surface area contributed by atoms with Crippen molar-refractivity contribution in [3.05, 3.63) is 23.2 Å². The maximum atomic E-state index is 5.95. The summed E-state index contributed by atoms with van der Waals surface area (Å²) >= 11 is 1.89. The molecular formula is C15H28N2OS. The summed E-state index contributed by atoms with van der Waals surface area (Å²) in [7, 11) is 2.16. The molecule has 4 heteroatoms. The smallest absolute Gasteiger partial charge is 0.120 e. The summed E-state index contributed by atoms with van der Waals surface area (Å²) in [4.78, 5) is 2.35. The summed E-state index contributed by atoms with van der Waals surface area (Å²) in [5, 5.41) is 3.39. The molecule has 0 saturated heterocycles. The van der Waals surface area contributed by atoms with Crippen LogP contribution in [0, 0.1) is 6.92 Å². The van der Waals surface area contributed by atoms with Crippen LogP contribution in [0.1, 0.15) is 37.4 Å². The lowest BCUT2D eigenvalue weighted by Crippen LogP contribution is -2.30. The van der Waals surface area contributed by atoms with Gasteiger partial charge in [0.25, 0.3) is 0 Å². The van der Waals surface area contributed by atoms with Crippen molar-refractivity contribution in [2.75, 3.05) is 25.6 Å². The average molecular weight is 284 g/mol. The van der Waals surface area contributed by atoms with Gasteiger partial charge < -0.3 is 9.73 Å². The molecule has 0 amide bonds. The number of nitrogens with zero attached hydrogens (tertiary/aromatic N) is 1. The molecule has 1 rings (SSSR count). The van der Waals surface area contributed by atoms with Crippen LogP contribution in [0.4, 0.5) is 0 Å². The summed E-state index contributed by atoms with van der Waals surface area (Å²) in [6, 6.07) is 2.74. The minimum atomic E-state index is 0.571. The number of nitrogens with one attached hydrogen (secondary N) is 1. The summed E-state index contributed by atoms with van der Waals surface area (Å²) in [6.45, 7) is 9.33. The second-order valence-electron chi connectivity index (χ2n) is 5.22. The molecule has 1 aromatic heterocycles. The van der Waals surface area contributed by atoms with Gasteiger partial charge in [-0.05, 0) is 51.7 Å². The fourth-order valence-electron chi connectivity index (χ4n) is 1.99. The highest BCUT2D eigenvalue weighted by molar-refractivity contribution is 7.98. The highest BCUT2D eigenvalue weighted by Crippen LogP contribution is 2.17. The zero-order valence-corrected chi connectivity index (χ0v) is 13.8. The van der Waals surface area contributed by atoms with Crippen molar-refractivity contribution in [2.24, 2.45) is 0 Å². The number of rotatable bonds is 9. The molecule has 1 unspecified atom stereocenters. The quantitative estimate of drug-likeness (QED) is 0.705. The first-order valence-corrected chi connectivity index (χ1v) is 8.45. The zero-order valence-electron chi connectivity index (χ0n) is 13.0. The fraction of sp³-hybridized carbons (Fsp3) is 0.733. The first kappa shape index (κ1) is 16.6. The van der Waals surface area contributed by atoms with E-state index >= 15 is 0 Å². The topological polar surface area (TPSA) is 28.4 Å². The molecule has 1 heterocycles. The van der Waals surface area contributed by atoms with Crippen LogP contribution in [0.3, 0.4) is 0 Å². The van der Waals surface area contributed by atoms with Crippen molar-refractivity contribution in [1.29, 1.82) is 0 Å². The minimum absolute atomic E-state index is 0.571. The molecule has 0 aromatic carbocycles. The standard InChI is InChI=1S/C15H28N2OS/c1-6-7-16-9-15-12(2)8-14(18-15)10-17(4)13(3)11-19-5/h8,13,16H,6-7,9-11H2,1-5H3. The van der Waals surface area contributed by atoms with Crippen LogP contribution in [0.15, 0.2) is 10.5 Å². The summed E-state index contributed by atoms with van der Waals surface area (Å²) in [5.74, 6) is 3.30. The van der Waals surface area contributed by atoms with E-state index in [4.69, 9.17) is 4.42 Å². The third kappa shape index (κ3) is 5.59. The Hall–Kier alpha value is -0.450. The molecule has 0 bridgehead atoms. The monoisotopic (exact) mass is 284 g/mol.